The smallest absolute Gasteiger partial charge is 0.258 e. The van der Waals surface area contributed by atoms with Crippen LogP contribution in [0.25, 0.3) is 0 Å². The van der Waals surface area contributed by atoms with Gasteiger partial charge < -0.3 is 20.0 Å². The average molecular weight is 546 g/mol. The molecule has 194 valence electrons. The van der Waals surface area contributed by atoms with Crippen LogP contribution in [0.5, 0.6) is 11.5 Å². The van der Waals surface area contributed by atoms with Crippen molar-refractivity contribution in [3.63, 3.8) is 0 Å². The molecule has 0 spiro atoms. The predicted molar refractivity (Wildman–Crippen MR) is 154 cm³/mol. The lowest BCUT2D eigenvalue weighted by Crippen LogP contribution is -2.14. The predicted octanol–water partition coefficient (Wildman–Crippen LogP) is 4.91. The Hall–Kier alpha value is -3.92. The zero-order valence-corrected chi connectivity index (χ0v) is 22.1. The largest absolute Gasteiger partial charge is 0.508 e. The molecule has 0 atom stereocenters. The number of aromatic hydroxyl groups is 2. The van der Waals surface area contributed by atoms with Gasteiger partial charge in [-0.25, -0.2) is 0 Å². The molecule has 6 nitrogen and oxygen atoms in total. The normalized spacial score (nSPS) is 10.8. The molecule has 5 aromatic rings. The first-order chi connectivity index (χ1) is 18.2. The van der Waals surface area contributed by atoms with Crippen molar-refractivity contribution < 1.29 is 29.1 Å². The second-order valence-corrected chi connectivity index (χ2v) is 12.4. The molecule has 0 fully saturated rings. The minimum Gasteiger partial charge on any atom is -0.508 e. The zero-order valence-electron chi connectivity index (χ0n) is 20.4. The number of rotatable bonds is 4. The minimum atomic E-state index is -3.40. The van der Waals surface area contributed by atoms with Gasteiger partial charge >= 0.3 is 0 Å². The molecule has 38 heavy (non-hydrogen) atoms. The Kier molecular flexibility index (Phi) is 10.2. The van der Waals surface area contributed by atoms with Crippen molar-refractivity contribution in [1.29, 1.82) is 0 Å². The van der Waals surface area contributed by atoms with Crippen LogP contribution in [0.3, 0.4) is 0 Å². The summed E-state index contributed by atoms with van der Waals surface area (Å²) in [6, 6.07) is 40.5. The van der Waals surface area contributed by atoms with Crippen LogP contribution in [-0.2, 0) is 9.13 Å². The van der Waals surface area contributed by atoms with Crippen LogP contribution in [0.2, 0.25) is 0 Å². The van der Waals surface area contributed by atoms with E-state index in [1.54, 1.807) is 97.1 Å². The Bertz CT molecular complexity index is 1280. The molecular weight excluding hydrogens is 518 g/mol. The van der Waals surface area contributed by atoms with Crippen molar-refractivity contribution in [1.82, 2.24) is 0 Å². The van der Waals surface area contributed by atoms with Crippen LogP contribution < -0.4 is 21.2 Å². The Labute approximate surface area is 222 Å². The quantitative estimate of drug-likeness (QED) is 0.188. The maximum absolute atomic E-state index is 12.2. The second-order valence-electron chi connectivity index (χ2n) is 8.01. The maximum Gasteiger partial charge on any atom is 0.258 e. The van der Waals surface area contributed by atoms with Gasteiger partial charge in [0.05, 0.1) is 0 Å². The minimum absolute atomic E-state index is 0.169. The van der Waals surface area contributed by atoms with Gasteiger partial charge in [-0.15, -0.1) is 0 Å². The summed E-state index contributed by atoms with van der Waals surface area (Å²) < 4.78 is 24.3. The number of benzene rings is 5. The summed E-state index contributed by atoms with van der Waals surface area (Å²) in [5.74, 6) is 0.339. The van der Waals surface area contributed by atoms with E-state index in [1.165, 1.54) is 24.3 Å². The van der Waals surface area contributed by atoms with E-state index in [4.69, 9.17) is 10.2 Å². The van der Waals surface area contributed by atoms with E-state index in [-0.39, 0.29) is 11.5 Å². The van der Waals surface area contributed by atoms with E-state index >= 15 is 0 Å². The number of phenolic OH excluding ortho intramolecular Hbond substituents is 2. The molecule has 0 unspecified atom stereocenters. The molecule has 5 aromatic carbocycles. The fourth-order valence-electron chi connectivity index (χ4n) is 3.27. The summed E-state index contributed by atoms with van der Waals surface area (Å²) in [6.45, 7) is 0. The number of phenols is 2. The molecule has 0 bridgehead atoms. The standard InChI is InChI=1S/2C12H11O2P.C6H6O2/c2*13-15(14,11-7-3-1-4-8-11)12-9-5-2-6-10-12;7-5-1-2-6(8)4-3-5/h2*1-10H,(H,13,14);1-4,7-8H. The van der Waals surface area contributed by atoms with Gasteiger partial charge in [0, 0.05) is 21.2 Å². The van der Waals surface area contributed by atoms with Crippen LogP contribution in [-0.4, -0.2) is 20.0 Å². The van der Waals surface area contributed by atoms with Gasteiger partial charge in [0.15, 0.2) is 0 Å². The molecule has 0 aliphatic heterocycles. The molecule has 0 amide bonds. The number of hydrogen-bond acceptors (Lipinski definition) is 4. The topological polar surface area (TPSA) is 115 Å². The molecule has 4 N–H and O–H groups in total. The van der Waals surface area contributed by atoms with E-state index in [2.05, 4.69) is 0 Å². The molecule has 0 aromatic heterocycles. The highest BCUT2D eigenvalue weighted by atomic mass is 31.2. The molecular formula is C30H28O6P2. The number of hydrogen-bond donors (Lipinski definition) is 4. The zero-order chi connectivity index (χ0) is 27.4. The van der Waals surface area contributed by atoms with Gasteiger partial charge in [-0.3, -0.25) is 9.13 Å². The van der Waals surface area contributed by atoms with Gasteiger partial charge in [-0.2, -0.15) is 0 Å². The second kappa shape index (κ2) is 13.6. The summed E-state index contributed by atoms with van der Waals surface area (Å²) in [6.07, 6.45) is 0. The van der Waals surface area contributed by atoms with Gasteiger partial charge in [-0.1, -0.05) is 72.8 Å². The monoisotopic (exact) mass is 546 g/mol. The lowest BCUT2D eigenvalue weighted by molar-refractivity contribution is 0.460. The van der Waals surface area contributed by atoms with Crippen molar-refractivity contribution in [2.45, 2.75) is 0 Å². The van der Waals surface area contributed by atoms with Crippen LogP contribution in [0, 0.1) is 0 Å². The van der Waals surface area contributed by atoms with Gasteiger partial charge in [-0.05, 0) is 72.8 Å². The molecule has 0 heterocycles. The molecule has 0 aliphatic carbocycles. The lowest BCUT2D eigenvalue weighted by atomic mass is 10.3. The van der Waals surface area contributed by atoms with Crippen molar-refractivity contribution in [3.05, 3.63) is 146 Å². The highest BCUT2D eigenvalue weighted by Gasteiger charge is 2.23. The van der Waals surface area contributed by atoms with E-state index in [0.717, 1.165) is 0 Å². The molecule has 0 saturated carbocycles. The summed E-state index contributed by atoms with van der Waals surface area (Å²) in [5, 5.41) is 19.2. The molecule has 0 saturated heterocycles. The average Bonchev–Trinajstić information content (AvgIpc) is 2.97. The van der Waals surface area contributed by atoms with Gasteiger partial charge in [0.25, 0.3) is 14.7 Å². The SMILES string of the molecule is O=P(O)(c1ccccc1)c1ccccc1.O=P(O)(c1ccccc1)c1ccccc1.Oc1ccc(O)cc1. The summed E-state index contributed by atoms with van der Waals surface area (Å²) in [4.78, 5) is 20.0. The highest BCUT2D eigenvalue weighted by molar-refractivity contribution is 7.73. The molecule has 0 aliphatic rings. The first-order valence-corrected chi connectivity index (χ1v) is 14.9. The Morgan fingerprint density at radius 3 is 0.711 bits per heavy atom. The third kappa shape index (κ3) is 8.04. The van der Waals surface area contributed by atoms with Crippen molar-refractivity contribution in [3.8, 4) is 11.5 Å². The maximum atomic E-state index is 12.2. The van der Waals surface area contributed by atoms with Crippen LogP contribution in [0.4, 0.5) is 0 Å². The van der Waals surface area contributed by atoms with E-state index < -0.39 is 14.7 Å². The third-order valence-electron chi connectivity index (χ3n) is 5.27. The van der Waals surface area contributed by atoms with Crippen LogP contribution >= 0.6 is 14.7 Å². The Balaban J connectivity index is 0.000000166. The van der Waals surface area contributed by atoms with Crippen molar-refractivity contribution in [2.75, 3.05) is 0 Å². The van der Waals surface area contributed by atoms with E-state index in [0.29, 0.717) is 21.2 Å². The summed E-state index contributed by atoms with van der Waals surface area (Å²) in [7, 11) is -6.79. The Morgan fingerprint density at radius 2 is 0.526 bits per heavy atom. The van der Waals surface area contributed by atoms with Crippen LogP contribution in [0.1, 0.15) is 0 Å². The fourth-order valence-corrected chi connectivity index (χ4v) is 6.17. The summed E-state index contributed by atoms with van der Waals surface area (Å²) in [5.41, 5.74) is 0. The molecule has 8 heteroatoms. The van der Waals surface area contributed by atoms with E-state index in [9.17, 15) is 18.9 Å². The Morgan fingerprint density at radius 1 is 0.342 bits per heavy atom. The summed E-state index contributed by atoms with van der Waals surface area (Å²) >= 11 is 0. The fraction of sp³-hybridized carbons (Fsp3) is 0. The van der Waals surface area contributed by atoms with Crippen molar-refractivity contribution in [2.24, 2.45) is 0 Å². The lowest BCUT2D eigenvalue weighted by Gasteiger charge is -2.11. The molecule has 5 rings (SSSR count). The highest BCUT2D eigenvalue weighted by Crippen LogP contribution is 2.38. The molecule has 0 radical (unpaired) electrons. The van der Waals surface area contributed by atoms with Gasteiger partial charge in [0.2, 0.25) is 0 Å². The van der Waals surface area contributed by atoms with E-state index in [1.807, 2.05) is 24.3 Å². The van der Waals surface area contributed by atoms with Crippen LogP contribution in [0.15, 0.2) is 146 Å². The third-order valence-corrected chi connectivity index (χ3v) is 9.27. The first kappa shape index (κ1) is 28.6. The van der Waals surface area contributed by atoms with Crippen molar-refractivity contribution >= 4 is 36.0 Å². The van der Waals surface area contributed by atoms with Gasteiger partial charge in [0.1, 0.15) is 11.5 Å². The first-order valence-electron chi connectivity index (χ1n) is 11.6.